The van der Waals surface area contributed by atoms with Crippen molar-refractivity contribution in [3.63, 3.8) is 0 Å². The Bertz CT molecular complexity index is 2020. The van der Waals surface area contributed by atoms with Gasteiger partial charge in [0.2, 0.25) is 11.8 Å². The van der Waals surface area contributed by atoms with Crippen molar-refractivity contribution in [1.29, 1.82) is 0 Å². The molecule has 2 aromatic heterocycles. The van der Waals surface area contributed by atoms with Gasteiger partial charge in [0.25, 0.3) is 23.6 Å². The molecule has 9 rings (SSSR count). The third kappa shape index (κ3) is 5.08. The predicted octanol–water partition coefficient (Wildman–Crippen LogP) is 2.09. The Kier molecular flexibility index (Phi) is 7.05. The average molecular weight is 702 g/mol. The lowest BCUT2D eigenvalue weighted by atomic mass is 9.87. The summed E-state index contributed by atoms with van der Waals surface area (Å²) >= 11 is 0. The number of halogens is 2. The molecule has 0 bridgehead atoms. The fourth-order valence-electron chi connectivity index (χ4n) is 8.96. The van der Waals surface area contributed by atoms with Crippen LogP contribution in [-0.2, 0) is 29.0 Å². The number of amides is 5. The molecule has 266 valence electrons. The Morgan fingerprint density at radius 1 is 1.04 bits per heavy atom. The summed E-state index contributed by atoms with van der Waals surface area (Å²) in [5.41, 5.74) is 2.26. The van der Waals surface area contributed by atoms with E-state index in [1.807, 2.05) is 10.7 Å². The lowest BCUT2D eigenvalue weighted by molar-refractivity contribution is -0.136. The first-order valence-electron chi connectivity index (χ1n) is 17.5. The van der Waals surface area contributed by atoms with Gasteiger partial charge in [0.05, 0.1) is 23.0 Å². The van der Waals surface area contributed by atoms with Crippen molar-refractivity contribution >= 4 is 40.9 Å². The van der Waals surface area contributed by atoms with Gasteiger partial charge in [0.15, 0.2) is 5.69 Å². The van der Waals surface area contributed by atoms with Gasteiger partial charge in [-0.25, -0.2) is 8.78 Å². The Balaban J connectivity index is 0.746. The molecular formula is C35H37F2N9O5. The molecule has 0 spiro atoms. The van der Waals surface area contributed by atoms with Crippen molar-refractivity contribution in [3.8, 4) is 0 Å². The number of hydrogen-bond donors (Lipinski definition) is 3. The SMILES string of the molecule is C[C@@]12Cc3[nH]nc(C(=O)Nc4cnn(CC5CN(C[C@H]6CCN(c7ccc8c(c7)C(=O)N(C7CCC(=O)NC7=O)C8=O)C6)C5)c4)c3C[C@@H]1C2(F)F. The summed E-state index contributed by atoms with van der Waals surface area (Å²) in [6.07, 6.45) is 4.89. The number of fused-ring (bicyclic) bond motifs is 3. The summed E-state index contributed by atoms with van der Waals surface area (Å²) in [5, 5.41) is 16.4. The second-order valence-corrected chi connectivity index (χ2v) is 15.3. The van der Waals surface area contributed by atoms with Gasteiger partial charge in [-0.3, -0.25) is 44.0 Å². The molecule has 1 saturated carbocycles. The molecule has 1 aromatic carbocycles. The number of anilines is 2. The molecule has 51 heavy (non-hydrogen) atoms. The van der Waals surface area contributed by atoms with E-state index in [1.165, 1.54) is 0 Å². The van der Waals surface area contributed by atoms with Crippen LogP contribution in [0.15, 0.2) is 30.6 Å². The zero-order valence-electron chi connectivity index (χ0n) is 28.0. The maximum atomic E-state index is 14.3. The number of carbonyl (C=O) groups is 5. The van der Waals surface area contributed by atoms with Gasteiger partial charge in [-0.1, -0.05) is 6.92 Å². The highest BCUT2D eigenvalue weighted by Crippen LogP contribution is 2.70. The van der Waals surface area contributed by atoms with Crippen LogP contribution in [0.3, 0.4) is 0 Å². The van der Waals surface area contributed by atoms with Gasteiger partial charge >= 0.3 is 0 Å². The molecule has 16 heteroatoms. The number of H-pyrrole nitrogens is 1. The summed E-state index contributed by atoms with van der Waals surface area (Å²) in [7, 11) is 0. The molecule has 3 N–H and O–H groups in total. The number of aromatic nitrogens is 4. The van der Waals surface area contributed by atoms with E-state index in [4.69, 9.17) is 0 Å². The van der Waals surface area contributed by atoms with Gasteiger partial charge in [-0.15, -0.1) is 0 Å². The van der Waals surface area contributed by atoms with Crippen LogP contribution >= 0.6 is 0 Å². The number of nitrogens with one attached hydrogen (secondary N) is 3. The van der Waals surface area contributed by atoms with Crippen molar-refractivity contribution < 1.29 is 32.8 Å². The van der Waals surface area contributed by atoms with E-state index < -0.39 is 52.8 Å². The maximum absolute atomic E-state index is 14.3. The summed E-state index contributed by atoms with van der Waals surface area (Å²) < 4.78 is 30.4. The van der Waals surface area contributed by atoms with Crippen LogP contribution in [0, 0.1) is 23.2 Å². The van der Waals surface area contributed by atoms with Crippen molar-refractivity contribution in [2.24, 2.45) is 23.2 Å². The van der Waals surface area contributed by atoms with Crippen molar-refractivity contribution in [3.05, 3.63) is 58.7 Å². The van der Waals surface area contributed by atoms with E-state index in [0.717, 1.165) is 49.7 Å². The van der Waals surface area contributed by atoms with Crippen LogP contribution in [0.4, 0.5) is 20.2 Å². The number of likely N-dealkylation sites (tertiary alicyclic amines) is 1. The number of benzene rings is 1. The van der Waals surface area contributed by atoms with Crippen molar-refractivity contribution in [2.45, 2.75) is 57.5 Å². The first-order chi connectivity index (χ1) is 24.4. The summed E-state index contributed by atoms with van der Waals surface area (Å²) in [6, 6.07) is 4.27. The summed E-state index contributed by atoms with van der Waals surface area (Å²) in [6.45, 7) is 6.74. The molecule has 1 unspecified atom stereocenters. The zero-order chi connectivity index (χ0) is 35.4. The first-order valence-corrected chi connectivity index (χ1v) is 17.5. The van der Waals surface area contributed by atoms with Gasteiger partial charge < -0.3 is 15.1 Å². The van der Waals surface area contributed by atoms with E-state index in [-0.39, 0.29) is 42.5 Å². The highest BCUT2D eigenvalue weighted by molar-refractivity contribution is 6.23. The molecule has 3 saturated heterocycles. The predicted molar refractivity (Wildman–Crippen MR) is 176 cm³/mol. The minimum absolute atomic E-state index is 0.0800. The van der Waals surface area contributed by atoms with E-state index in [9.17, 15) is 32.8 Å². The lowest BCUT2D eigenvalue weighted by Crippen LogP contribution is -2.54. The van der Waals surface area contributed by atoms with Gasteiger partial charge in [0, 0.05) is 92.5 Å². The lowest BCUT2D eigenvalue weighted by Gasteiger charge is -2.40. The summed E-state index contributed by atoms with van der Waals surface area (Å²) in [5.74, 6) is -5.10. The number of rotatable bonds is 8. The molecule has 4 aliphatic heterocycles. The minimum atomic E-state index is -2.72. The van der Waals surface area contributed by atoms with Crippen LogP contribution < -0.4 is 15.5 Å². The number of alkyl halides is 2. The quantitative estimate of drug-likeness (QED) is 0.298. The highest BCUT2D eigenvalue weighted by Gasteiger charge is 2.78. The van der Waals surface area contributed by atoms with Crippen LogP contribution in [-0.4, -0.2) is 104 Å². The van der Waals surface area contributed by atoms with Gasteiger partial charge in [0.1, 0.15) is 6.04 Å². The van der Waals surface area contributed by atoms with Gasteiger partial charge in [-0.2, -0.15) is 10.2 Å². The molecule has 6 heterocycles. The number of aromatic amines is 1. The third-order valence-corrected chi connectivity index (χ3v) is 12.0. The number of hydrogen-bond acceptors (Lipinski definition) is 9. The Morgan fingerprint density at radius 3 is 2.65 bits per heavy atom. The number of imide groups is 2. The van der Waals surface area contributed by atoms with Crippen molar-refractivity contribution in [1.82, 2.24) is 35.1 Å². The molecule has 0 radical (unpaired) electrons. The van der Waals surface area contributed by atoms with Crippen LogP contribution in [0.2, 0.25) is 0 Å². The second kappa shape index (κ2) is 11.3. The Labute approximate surface area is 290 Å². The smallest absolute Gasteiger partial charge is 0.276 e. The fraction of sp³-hybridized carbons (Fsp3) is 0.514. The third-order valence-electron chi connectivity index (χ3n) is 12.0. The molecule has 4 fully saturated rings. The molecule has 3 aromatic rings. The topological polar surface area (TPSA) is 166 Å². The second-order valence-electron chi connectivity index (χ2n) is 15.3. The molecule has 4 atom stereocenters. The molecular weight excluding hydrogens is 664 g/mol. The molecule has 2 aliphatic carbocycles. The monoisotopic (exact) mass is 701 g/mol. The fourth-order valence-corrected chi connectivity index (χ4v) is 8.96. The highest BCUT2D eigenvalue weighted by atomic mass is 19.3. The van der Waals surface area contributed by atoms with E-state index in [0.29, 0.717) is 35.3 Å². The van der Waals surface area contributed by atoms with E-state index >= 15 is 0 Å². The first kappa shape index (κ1) is 32.0. The van der Waals surface area contributed by atoms with Crippen molar-refractivity contribution in [2.75, 3.05) is 42.9 Å². The van der Waals surface area contributed by atoms with Crippen LogP contribution in [0.5, 0.6) is 0 Å². The minimum Gasteiger partial charge on any atom is -0.371 e. The number of nitrogens with zero attached hydrogens (tertiary/aromatic N) is 6. The van der Waals surface area contributed by atoms with E-state index in [2.05, 4.69) is 35.7 Å². The average Bonchev–Trinajstić information content (AvgIpc) is 3.74. The molecule has 14 nitrogen and oxygen atoms in total. The maximum Gasteiger partial charge on any atom is 0.276 e. The Morgan fingerprint density at radius 2 is 1.84 bits per heavy atom. The largest absolute Gasteiger partial charge is 0.371 e. The number of piperidine rings is 1. The van der Waals surface area contributed by atoms with Crippen LogP contribution in [0.25, 0.3) is 0 Å². The summed E-state index contributed by atoms with van der Waals surface area (Å²) in [4.78, 5) is 68.9. The van der Waals surface area contributed by atoms with Crippen LogP contribution in [0.1, 0.15) is 68.6 Å². The molecule has 6 aliphatic rings. The zero-order valence-corrected chi connectivity index (χ0v) is 28.0. The standard InChI is InChI=1S/C35H37F2N9O5/c1-34-10-25-24(9-27(34)35(34,36)37)29(42-41-25)31(49)39-20-11-38-45(17-20)16-19-13-43(14-19)12-18-6-7-44(15-18)21-2-3-22-23(8-21)33(51)46(32(22)50)26-4-5-28(47)40-30(26)48/h2-3,8,11,17-19,26-27H,4-7,9-10,12-16H2,1H3,(H,39,49)(H,41,42)(H,40,47,48)/t18-,26?,27+,34-/m1/s1. The van der Waals surface area contributed by atoms with Gasteiger partial charge in [-0.05, 0) is 43.4 Å². The van der Waals surface area contributed by atoms with E-state index in [1.54, 1.807) is 31.5 Å². The Hall–Kier alpha value is -4.99. The normalized spacial score (nSPS) is 28.3. The molecule has 5 amide bonds. The number of carbonyl (C=O) groups excluding carboxylic acids is 5.